The first-order chi connectivity index (χ1) is 6.06. The van der Waals surface area contributed by atoms with Crippen molar-refractivity contribution in [1.29, 1.82) is 0 Å². The molecule has 1 atom stereocenters. The third-order valence-electron chi connectivity index (χ3n) is 1.67. The Morgan fingerprint density at radius 1 is 1.29 bits per heavy atom. The van der Waals surface area contributed by atoms with E-state index in [1.54, 1.807) is 0 Å². The molecule has 0 saturated heterocycles. The molecular weight excluding hydrogens is 233 g/mol. The van der Waals surface area contributed by atoms with E-state index in [-0.39, 0.29) is 29.5 Å². The molecule has 6 heteroatoms. The van der Waals surface area contributed by atoms with Crippen molar-refractivity contribution >= 4 is 24.0 Å². The van der Waals surface area contributed by atoms with E-state index in [2.05, 4.69) is 0 Å². The summed E-state index contributed by atoms with van der Waals surface area (Å²) in [6.45, 7) is -0.0184. The van der Waals surface area contributed by atoms with Crippen molar-refractivity contribution in [2.45, 2.75) is 6.04 Å². The van der Waals surface area contributed by atoms with Crippen LogP contribution in [0.2, 0.25) is 5.02 Å². The highest BCUT2D eigenvalue weighted by atomic mass is 35.5. The standard InChI is InChI=1S/C8H9ClF2N2.ClH/c9-4-1-5(10)8(6(11)2-4)7(13)3-12;/h1-2,7H,3,12-13H2;1H/t7-;/m0./s1. The SMILES string of the molecule is Cl.NC[C@H](N)c1c(F)cc(Cl)cc1F. The van der Waals surface area contributed by atoms with Crippen molar-refractivity contribution in [2.75, 3.05) is 6.54 Å². The van der Waals surface area contributed by atoms with Gasteiger partial charge >= 0.3 is 0 Å². The molecule has 0 bridgehead atoms. The van der Waals surface area contributed by atoms with Crippen LogP contribution in [0.1, 0.15) is 11.6 Å². The molecule has 0 aliphatic carbocycles. The molecule has 1 aromatic rings. The van der Waals surface area contributed by atoms with Gasteiger partial charge < -0.3 is 11.5 Å². The highest BCUT2D eigenvalue weighted by molar-refractivity contribution is 6.30. The molecule has 0 aliphatic rings. The molecule has 0 aromatic heterocycles. The lowest BCUT2D eigenvalue weighted by molar-refractivity contribution is 0.528. The summed E-state index contributed by atoms with van der Waals surface area (Å²) < 4.78 is 26.2. The molecule has 0 aliphatic heterocycles. The van der Waals surface area contributed by atoms with E-state index in [0.717, 1.165) is 12.1 Å². The lowest BCUT2D eigenvalue weighted by Gasteiger charge is -2.11. The van der Waals surface area contributed by atoms with E-state index >= 15 is 0 Å². The summed E-state index contributed by atoms with van der Waals surface area (Å²) in [7, 11) is 0. The number of hydrogen-bond donors (Lipinski definition) is 2. The van der Waals surface area contributed by atoms with Crippen LogP contribution in [0, 0.1) is 11.6 Å². The van der Waals surface area contributed by atoms with Crippen molar-refractivity contribution in [3.63, 3.8) is 0 Å². The van der Waals surface area contributed by atoms with Gasteiger partial charge in [0.2, 0.25) is 0 Å². The third-order valence-corrected chi connectivity index (χ3v) is 1.89. The van der Waals surface area contributed by atoms with Gasteiger partial charge in [0, 0.05) is 23.2 Å². The Labute approximate surface area is 91.6 Å². The lowest BCUT2D eigenvalue weighted by Crippen LogP contribution is -2.23. The van der Waals surface area contributed by atoms with Gasteiger partial charge in [0.1, 0.15) is 11.6 Å². The van der Waals surface area contributed by atoms with E-state index in [1.165, 1.54) is 0 Å². The van der Waals surface area contributed by atoms with Gasteiger partial charge in [0.25, 0.3) is 0 Å². The number of hydrogen-bond acceptors (Lipinski definition) is 2. The number of benzene rings is 1. The van der Waals surface area contributed by atoms with Gasteiger partial charge in [-0.3, -0.25) is 0 Å². The van der Waals surface area contributed by atoms with Gasteiger partial charge in [-0.15, -0.1) is 12.4 Å². The first-order valence-corrected chi connectivity index (χ1v) is 4.04. The Morgan fingerprint density at radius 2 is 1.71 bits per heavy atom. The average molecular weight is 243 g/mol. The summed E-state index contributed by atoms with van der Waals surface area (Å²) in [5.74, 6) is -1.52. The van der Waals surface area contributed by atoms with Gasteiger partial charge in [-0.25, -0.2) is 8.78 Å². The molecule has 0 heterocycles. The maximum Gasteiger partial charge on any atom is 0.132 e. The second-order valence-electron chi connectivity index (χ2n) is 2.63. The van der Waals surface area contributed by atoms with E-state index in [9.17, 15) is 8.78 Å². The van der Waals surface area contributed by atoms with Crippen LogP contribution in [-0.2, 0) is 0 Å². The Balaban J connectivity index is 0.00000169. The van der Waals surface area contributed by atoms with Gasteiger partial charge in [-0.2, -0.15) is 0 Å². The molecule has 80 valence electrons. The third kappa shape index (κ3) is 2.78. The zero-order chi connectivity index (χ0) is 10.0. The maximum absolute atomic E-state index is 13.1. The highest BCUT2D eigenvalue weighted by Crippen LogP contribution is 2.22. The van der Waals surface area contributed by atoms with Crippen LogP contribution in [0.25, 0.3) is 0 Å². The smallest absolute Gasteiger partial charge is 0.132 e. The molecule has 0 saturated carbocycles. The van der Waals surface area contributed by atoms with Crippen LogP contribution in [0.4, 0.5) is 8.78 Å². The summed E-state index contributed by atoms with van der Waals surface area (Å²) >= 11 is 5.42. The lowest BCUT2D eigenvalue weighted by atomic mass is 10.1. The van der Waals surface area contributed by atoms with E-state index in [0.29, 0.717) is 0 Å². The first-order valence-electron chi connectivity index (χ1n) is 3.66. The zero-order valence-electron chi connectivity index (χ0n) is 7.14. The quantitative estimate of drug-likeness (QED) is 0.834. The van der Waals surface area contributed by atoms with Crippen molar-refractivity contribution in [2.24, 2.45) is 11.5 Å². The molecule has 0 spiro atoms. The first kappa shape index (κ1) is 13.6. The minimum Gasteiger partial charge on any atom is -0.329 e. The van der Waals surface area contributed by atoms with Crippen molar-refractivity contribution in [1.82, 2.24) is 0 Å². The maximum atomic E-state index is 13.1. The van der Waals surface area contributed by atoms with Gasteiger partial charge in [-0.05, 0) is 12.1 Å². The fourth-order valence-electron chi connectivity index (χ4n) is 1.03. The molecule has 0 amide bonds. The van der Waals surface area contributed by atoms with E-state index in [1.807, 2.05) is 0 Å². The molecular formula is C8H10Cl2F2N2. The zero-order valence-corrected chi connectivity index (χ0v) is 8.71. The molecule has 0 unspecified atom stereocenters. The molecule has 14 heavy (non-hydrogen) atoms. The van der Waals surface area contributed by atoms with Crippen LogP contribution in [-0.4, -0.2) is 6.54 Å². The summed E-state index contributed by atoms with van der Waals surface area (Å²) in [5.41, 5.74) is 10.4. The Kier molecular flexibility index (Phi) is 5.29. The van der Waals surface area contributed by atoms with E-state index in [4.69, 9.17) is 23.1 Å². The van der Waals surface area contributed by atoms with Crippen LogP contribution in [0.15, 0.2) is 12.1 Å². The largest absolute Gasteiger partial charge is 0.329 e. The molecule has 1 aromatic carbocycles. The van der Waals surface area contributed by atoms with Gasteiger partial charge in [-0.1, -0.05) is 11.6 Å². The summed E-state index contributed by atoms with van der Waals surface area (Å²) in [6, 6.07) is 1.18. The number of rotatable bonds is 2. The molecule has 1 rings (SSSR count). The molecule has 0 fully saturated rings. The van der Waals surface area contributed by atoms with Crippen LogP contribution in [0.5, 0.6) is 0 Å². The van der Waals surface area contributed by atoms with Crippen molar-refractivity contribution in [3.8, 4) is 0 Å². The van der Waals surface area contributed by atoms with Crippen molar-refractivity contribution in [3.05, 3.63) is 34.4 Å². The average Bonchev–Trinajstić information content (AvgIpc) is 2.02. The summed E-state index contributed by atoms with van der Waals surface area (Å²) in [6.07, 6.45) is 0. The second kappa shape index (κ2) is 5.46. The fourth-order valence-corrected chi connectivity index (χ4v) is 1.22. The van der Waals surface area contributed by atoms with Gasteiger partial charge in [0.05, 0.1) is 0 Å². The molecule has 2 nitrogen and oxygen atoms in total. The normalized spacial score (nSPS) is 12.1. The Morgan fingerprint density at radius 3 is 2.07 bits per heavy atom. The van der Waals surface area contributed by atoms with Crippen LogP contribution in [0.3, 0.4) is 0 Å². The second-order valence-corrected chi connectivity index (χ2v) is 3.06. The molecule has 4 N–H and O–H groups in total. The molecule has 0 radical (unpaired) electrons. The topological polar surface area (TPSA) is 52.0 Å². The summed E-state index contributed by atoms with van der Waals surface area (Å²) in [5, 5.41) is 0.00275. The van der Waals surface area contributed by atoms with Gasteiger partial charge in [0.15, 0.2) is 0 Å². The fraction of sp³-hybridized carbons (Fsp3) is 0.250. The van der Waals surface area contributed by atoms with Crippen LogP contribution < -0.4 is 11.5 Å². The minimum atomic E-state index is -0.836. The monoisotopic (exact) mass is 242 g/mol. The number of nitrogens with two attached hydrogens (primary N) is 2. The predicted molar refractivity (Wildman–Crippen MR) is 54.6 cm³/mol. The summed E-state index contributed by atoms with van der Waals surface area (Å²) in [4.78, 5) is 0. The van der Waals surface area contributed by atoms with Crippen molar-refractivity contribution < 1.29 is 8.78 Å². The van der Waals surface area contributed by atoms with E-state index < -0.39 is 17.7 Å². The Hall–Kier alpha value is -0.420. The minimum absolute atomic E-state index is 0. The Bertz CT molecular complexity index is 297. The van der Waals surface area contributed by atoms with Crippen LogP contribution >= 0.6 is 24.0 Å². The highest BCUT2D eigenvalue weighted by Gasteiger charge is 2.16. The predicted octanol–water partition coefficient (Wildman–Crippen LogP) is 2.00. The number of halogens is 4.